The molecule has 2 fully saturated rings. The van der Waals surface area contributed by atoms with Crippen LogP contribution in [0.4, 0.5) is 0 Å². The fourth-order valence-electron chi connectivity index (χ4n) is 1.67. The average Bonchev–Trinajstić information content (AvgIpc) is 2.07. The summed E-state index contributed by atoms with van der Waals surface area (Å²) in [5, 5.41) is 3.33. The van der Waals surface area contributed by atoms with Crippen LogP contribution in [0.25, 0.3) is 0 Å². The van der Waals surface area contributed by atoms with Gasteiger partial charge in [-0.15, -0.1) is 0 Å². The second-order valence-electron chi connectivity index (χ2n) is 3.02. The summed E-state index contributed by atoms with van der Waals surface area (Å²) >= 11 is 2.46. The zero-order valence-electron chi connectivity index (χ0n) is 5.36. The van der Waals surface area contributed by atoms with E-state index in [4.69, 9.17) is 0 Å². The first-order chi connectivity index (χ1) is 4.33. The molecule has 9 heavy (non-hydrogen) atoms. The maximum absolute atomic E-state index is 3.33. The fraction of sp³-hybridized carbons (Fsp3) is 1.00. The normalized spacial score (nSPS) is 33.0. The van der Waals surface area contributed by atoms with E-state index in [0.29, 0.717) is 5.54 Å². The summed E-state index contributed by atoms with van der Waals surface area (Å²) in [4.78, 5) is 0. The summed E-state index contributed by atoms with van der Waals surface area (Å²) in [6.07, 6.45) is 2.80. The lowest BCUT2D eigenvalue weighted by atomic mass is 9.91. The molecule has 0 aromatic heterocycles. The third-order valence-corrected chi connectivity index (χ3v) is 3.93. The first kappa shape index (κ1) is 6.37. The maximum Gasteiger partial charge on any atom is 0.0553 e. The fourth-order valence-corrected chi connectivity index (χ4v) is 2.59. The van der Waals surface area contributed by atoms with Gasteiger partial charge in [-0.05, 0) is 12.8 Å². The Bertz CT molecular complexity index is 122. The van der Waals surface area contributed by atoms with Crippen molar-refractivity contribution in [1.29, 1.82) is 0 Å². The first-order valence-corrected chi connectivity index (χ1v) is 4.44. The highest BCUT2D eigenvalue weighted by molar-refractivity contribution is 14.1. The Balaban J connectivity index is 2.09. The maximum atomic E-state index is 3.33. The number of halogens is 1. The molecule has 0 unspecified atom stereocenters. The molecule has 0 aliphatic carbocycles. The number of hydrogen-bond acceptors (Lipinski definition) is 2. The van der Waals surface area contributed by atoms with Crippen LogP contribution < -0.4 is 5.32 Å². The number of nitrogens with one attached hydrogen (secondary N) is 1. The van der Waals surface area contributed by atoms with E-state index in [1.807, 2.05) is 0 Å². The minimum absolute atomic E-state index is 0.584. The molecule has 0 atom stereocenters. The molecule has 0 bridgehead atoms. The molecule has 3 heteroatoms. The van der Waals surface area contributed by atoms with E-state index < -0.39 is 0 Å². The predicted molar refractivity (Wildman–Crippen MR) is 45.6 cm³/mol. The smallest absolute Gasteiger partial charge is 0.0553 e. The van der Waals surface area contributed by atoms with Gasteiger partial charge in [0, 0.05) is 42.5 Å². The second kappa shape index (κ2) is 2.07. The summed E-state index contributed by atoms with van der Waals surface area (Å²) in [7, 11) is 0. The van der Waals surface area contributed by atoms with E-state index in [0.717, 1.165) is 0 Å². The summed E-state index contributed by atoms with van der Waals surface area (Å²) < 4.78 is 2.47. The quantitative estimate of drug-likeness (QED) is 0.495. The molecule has 52 valence electrons. The molecule has 1 spiro atoms. The Morgan fingerprint density at radius 2 is 2.22 bits per heavy atom. The van der Waals surface area contributed by atoms with E-state index in [-0.39, 0.29) is 0 Å². The van der Waals surface area contributed by atoms with Crippen molar-refractivity contribution in [3.8, 4) is 0 Å². The lowest BCUT2D eigenvalue weighted by Crippen LogP contribution is -2.63. The summed E-state index contributed by atoms with van der Waals surface area (Å²) in [6, 6.07) is 0. The number of hydrogen-bond donors (Lipinski definition) is 1. The zero-order valence-corrected chi connectivity index (χ0v) is 7.52. The van der Waals surface area contributed by atoms with Crippen LogP contribution in [-0.4, -0.2) is 28.3 Å². The molecule has 0 radical (unpaired) electrons. The van der Waals surface area contributed by atoms with Crippen LogP contribution in [0.15, 0.2) is 0 Å². The molecule has 2 aliphatic heterocycles. The molecule has 2 aliphatic rings. The number of rotatable bonds is 0. The molecular formula is C6H11IN2. The Labute approximate surface area is 69.5 Å². The SMILES string of the molecule is IN1CCCC12CNC2. The summed E-state index contributed by atoms with van der Waals surface area (Å²) in [5.41, 5.74) is 0.584. The van der Waals surface area contributed by atoms with Gasteiger partial charge in [0.15, 0.2) is 0 Å². The van der Waals surface area contributed by atoms with E-state index in [9.17, 15) is 0 Å². The van der Waals surface area contributed by atoms with Crippen molar-refractivity contribution in [2.24, 2.45) is 0 Å². The van der Waals surface area contributed by atoms with Gasteiger partial charge in [0.05, 0.1) is 5.54 Å². The van der Waals surface area contributed by atoms with E-state index in [1.165, 1.54) is 32.5 Å². The molecule has 2 saturated heterocycles. The summed E-state index contributed by atoms with van der Waals surface area (Å²) in [6.45, 7) is 3.73. The van der Waals surface area contributed by atoms with Gasteiger partial charge in [0.25, 0.3) is 0 Å². The Morgan fingerprint density at radius 1 is 1.44 bits per heavy atom. The minimum atomic E-state index is 0.584. The van der Waals surface area contributed by atoms with Gasteiger partial charge in [-0.3, -0.25) is 0 Å². The second-order valence-corrected chi connectivity index (χ2v) is 4.18. The third kappa shape index (κ3) is 0.816. The molecule has 2 heterocycles. The van der Waals surface area contributed by atoms with Crippen LogP contribution in [0.1, 0.15) is 12.8 Å². The first-order valence-electron chi connectivity index (χ1n) is 3.48. The Kier molecular flexibility index (Phi) is 1.46. The van der Waals surface area contributed by atoms with Crippen molar-refractivity contribution >= 4 is 22.9 Å². The number of nitrogens with zero attached hydrogens (tertiary/aromatic N) is 1. The van der Waals surface area contributed by atoms with Gasteiger partial charge in [0.2, 0.25) is 0 Å². The average molecular weight is 238 g/mol. The molecule has 1 N–H and O–H groups in total. The van der Waals surface area contributed by atoms with Gasteiger partial charge < -0.3 is 5.32 Å². The highest BCUT2D eigenvalue weighted by atomic mass is 127. The predicted octanol–water partition coefficient (Wildman–Crippen LogP) is 0.774. The Hall–Kier alpha value is 0.650. The van der Waals surface area contributed by atoms with Crippen molar-refractivity contribution in [1.82, 2.24) is 8.43 Å². The Morgan fingerprint density at radius 3 is 2.44 bits per heavy atom. The molecule has 2 rings (SSSR count). The lowest BCUT2D eigenvalue weighted by molar-refractivity contribution is 0.182. The van der Waals surface area contributed by atoms with E-state index in [2.05, 4.69) is 31.3 Å². The van der Waals surface area contributed by atoms with Crippen molar-refractivity contribution in [2.75, 3.05) is 19.6 Å². The molecule has 0 aromatic rings. The lowest BCUT2D eigenvalue weighted by Gasteiger charge is -2.43. The highest BCUT2D eigenvalue weighted by Crippen LogP contribution is 2.35. The van der Waals surface area contributed by atoms with Crippen LogP contribution in [0.5, 0.6) is 0 Å². The van der Waals surface area contributed by atoms with Crippen LogP contribution in [0, 0.1) is 0 Å². The van der Waals surface area contributed by atoms with Crippen LogP contribution in [0.3, 0.4) is 0 Å². The van der Waals surface area contributed by atoms with Gasteiger partial charge >= 0.3 is 0 Å². The minimum Gasteiger partial charge on any atom is -0.313 e. The molecule has 0 aromatic carbocycles. The van der Waals surface area contributed by atoms with Crippen LogP contribution >= 0.6 is 22.9 Å². The van der Waals surface area contributed by atoms with Crippen molar-refractivity contribution in [3.63, 3.8) is 0 Å². The van der Waals surface area contributed by atoms with Gasteiger partial charge in [-0.1, -0.05) is 0 Å². The largest absolute Gasteiger partial charge is 0.313 e. The third-order valence-electron chi connectivity index (χ3n) is 2.42. The van der Waals surface area contributed by atoms with E-state index >= 15 is 0 Å². The van der Waals surface area contributed by atoms with Gasteiger partial charge in [-0.2, -0.15) is 0 Å². The topological polar surface area (TPSA) is 15.3 Å². The van der Waals surface area contributed by atoms with E-state index in [1.54, 1.807) is 0 Å². The molecule has 0 saturated carbocycles. The van der Waals surface area contributed by atoms with Gasteiger partial charge in [-0.25, -0.2) is 3.11 Å². The zero-order chi connectivity index (χ0) is 6.32. The summed E-state index contributed by atoms with van der Waals surface area (Å²) in [5.74, 6) is 0. The van der Waals surface area contributed by atoms with Crippen molar-refractivity contribution in [2.45, 2.75) is 18.4 Å². The van der Waals surface area contributed by atoms with Crippen LogP contribution in [0.2, 0.25) is 0 Å². The van der Waals surface area contributed by atoms with Gasteiger partial charge in [0.1, 0.15) is 0 Å². The van der Waals surface area contributed by atoms with Crippen LogP contribution in [-0.2, 0) is 0 Å². The molecular weight excluding hydrogens is 227 g/mol. The molecule has 2 nitrogen and oxygen atoms in total. The monoisotopic (exact) mass is 238 g/mol. The standard InChI is InChI=1S/C6H11IN2/c7-9-3-1-2-6(9)4-8-5-6/h8H,1-5H2. The highest BCUT2D eigenvalue weighted by Gasteiger charge is 2.44. The molecule has 0 amide bonds. The van der Waals surface area contributed by atoms with Crippen molar-refractivity contribution < 1.29 is 0 Å². The van der Waals surface area contributed by atoms with Crippen molar-refractivity contribution in [3.05, 3.63) is 0 Å².